The van der Waals surface area contributed by atoms with Gasteiger partial charge in [0.15, 0.2) is 5.43 Å². The molecular weight excluding hydrogens is 331 g/mol. The number of hydrogen-bond donors (Lipinski definition) is 2. The second kappa shape index (κ2) is 6.68. The number of aryl methyl sites for hydroxylation is 1. The third-order valence-corrected chi connectivity index (χ3v) is 5.37. The number of nitrogens with one attached hydrogen (secondary N) is 2. The molecule has 2 aromatic heterocycles. The van der Waals surface area contributed by atoms with E-state index in [1.54, 1.807) is 12.3 Å². The average molecular weight is 354 g/mol. The van der Waals surface area contributed by atoms with Crippen LogP contribution >= 0.6 is 0 Å². The van der Waals surface area contributed by atoms with Crippen LogP contribution in [0.25, 0.3) is 11.0 Å². The SMILES string of the molecule is Cc1c[nH]c(CN2CCCCC2c2nc3ccc(F)cc3[nH]2)c(C)c1=O. The van der Waals surface area contributed by atoms with Gasteiger partial charge in [-0.25, -0.2) is 9.37 Å². The van der Waals surface area contributed by atoms with Crippen molar-refractivity contribution in [3.05, 3.63) is 63.1 Å². The highest BCUT2D eigenvalue weighted by molar-refractivity contribution is 5.75. The molecule has 0 amide bonds. The molecule has 5 nitrogen and oxygen atoms in total. The fraction of sp³-hybridized carbons (Fsp3) is 0.400. The molecule has 136 valence electrons. The van der Waals surface area contributed by atoms with Crippen molar-refractivity contribution < 1.29 is 4.39 Å². The quantitative estimate of drug-likeness (QED) is 0.753. The molecule has 26 heavy (non-hydrogen) atoms. The molecule has 0 aliphatic carbocycles. The monoisotopic (exact) mass is 354 g/mol. The van der Waals surface area contributed by atoms with Gasteiger partial charge in [0, 0.05) is 29.6 Å². The van der Waals surface area contributed by atoms with E-state index < -0.39 is 0 Å². The van der Waals surface area contributed by atoms with Crippen LogP contribution in [0.3, 0.4) is 0 Å². The van der Waals surface area contributed by atoms with Crippen LogP contribution in [-0.2, 0) is 6.54 Å². The van der Waals surface area contributed by atoms with Gasteiger partial charge in [-0.15, -0.1) is 0 Å². The van der Waals surface area contributed by atoms with Gasteiger partial charge in [0.1, 0.15) is 11.6 Å². The maximum Gasteiger partial charge on any atom is 0.187 e. The van der Waals surface area contributed by atoms with Gasteiger partial charge in [0.05, 0.1) is 17.1 Å². The van der Waals surface area contributed by atoms with Crippen molar-refractivity contribution in [2.24, 2.45) is 0 Å². The summed E-state index contributed by atoms with van der Waals surface area (Å²) in [6.07, 6.45) is 5.04. The van der Waals surface area contributed by atoms with Gasteiger partial charge in [-0.05, 0) is 51.4 Å². The summed E-state index contributed by atoms with van der Waals surface area (Å²) in [5.74, 6) is 0.610. The number of hydrogen-bond acceptors (Lipinski definition) is 3. The fourth-order valence-electron chi connectivity index (χ4n) is 3.82. The van der Waals surface area contributed by atoms with E-state index in [2.05, 4.69) is 19.9 Å². The smallest absolute Gasteiger partial charge is 0.187 e. The number of likely N-dealkylation sites (tertiary alicyclic amines) is 1. The zero-order chi connectivity index (χ0) is 18.3. The Hall–Kier alpha value is -2.47. The molecule has 1 atom stereocenters. The van der Waals surface area contributed by atoms with Gasteiger partial charge in [-0.3, -0.25) is 9.69 Å². The minimum absolute atomic E-state index is 0.103. The Morgan fingerprint density at radius 2 is 2.15 bits per heavy atom. The van der Waals surface area contributed by atoms with E-state index in [-0.39, 0.29) is 17.3 Å². The Morgan fingerprint density at radius 3 is 3.00 bits per heavy atom. The Kier molecular flexibility index (Phi) is 4.36. The number of aromatic nitrogens is 3. The van der Waals surface area contributed by atoms with Crippen LogP contribution in [0, 0.1) is 19.7 Å². The first-order valence-corrected chi connectivity index (χ1v) is 9.10. The van der Waals surface area contributed by atoms with Crippen LogP contribution < -0.4 is 5.43 Å². The third-order valence-electron chi connectivity index (χ3n) is 5.37. The molecule has 1 unspecified atom stereocenters. The van der Waals surface area contributed by atoms with E-state index in [0.717, 1.165) is 59.5 Å². The van der Waals surface area contributed by atoms with Crippen LogP contribution in [-0.4, -0.2) is 26.4 Å². The highest BCUT2D eigenvalue weighted by Crippen LogP contribution is 2.31. The van der Waals surface area contributed by atoms with Crippen molar-refractivity contribution in [2.45, 2.75) is 45.7 Å². The van der Waals surface area contributed by atoms with Gasteiger partial charge in [0.2, 0.25) is 0 Å². The summed E-state index contributed by atoms with van der Waals surface area (Å²) >= 11 is 0. The largest absolute Gasteiger partial charge is 0.363 e. The van der Waals surface area contributed by atoms with E-state index in [1.807, 2.05) is 13.8 Å². The van der Waals surface area contributed by atoms with Crippen molar-refractivity contribution in [3.8, 4) is 0 Å². The lowest BCUT2D eigenvalue weighted by atomic mass is 10.0. The average Bonchev–Trinajstić information content (AvgIpc) is 3.05. The molecule has 0 bridgehead atoms. The first-order valence-electron chi connectivity index (χ1n) is 9.10. The summed E-state index contributed by atoms with van der Waals surface area (Å²) in [7, 11) is 0. The van der Waals surface area contributed by atoms with Crippen LogP contribution in [0.15, 0.2) is 29.2 Å². The maximum atomic E-state index is 13.5. The summed E-state index contributed by atoms with van der Waals surface area (Å²) in [4.78, 5) is 25.8. The number of imidazole rings is 1. The number of fused-ring (bicyclic) bond motifs is 1. The second-order valence-electron chi connectivity index (χ2n) is 7.17. The van der Waals surface area contributed by atoms with Crippen LogP contribution in [0.2, 0.25) is 0 Å². The molecule has 1 aromatic carbocycles. The molecule has 4 rings (SSSR count). The van der Waals surface area contributed by atoms with Crippen LogP contribution in [0.5, 0.6) is 0 Å². The molecule has 0 saturated carbocycles. The Balaban J connectivity index is 1.66. The van der Waals surface area contributed by atoms with E-state index in [9.17, 15) is 9.18 Å². The number of pyridine rings is 1. The van der Waals surface area contributed by atoms with Crippen molar-refractivity contribution in [3.63, 3.8) is 0 Å². The van der Waals surface area contributed by atoms with Gasteiger partial charge in [-0.2, -0.15) is 0 Å². The first kappa shape index (κ1) is 17.0. The number of benzene rings is 1. The van der Waals surface area contributed by atoms with Crippen LogP contribution in [0.4, 0.5) is 4.39 Å². The Morgan fingerprint density at radius 1 is 1.31 bits per heavy atom. The number of halogens is 1. The zero-order valence-electron chi connectivity index (χ0n) is 15.1. The minimum Gasteiger partial charge on any atom is -0.363 e. The van der Waals surface area contributed by atoms with Crippen molar-refractivity contribution in [2.75, 3.05) is 6.54 Å². The minimum atomic E-state index is -0.263. The molecular formula is C20H23FN4O. The van der Waals surface area contributed by atoms with Crippen molar-refractivity contribution >= 4 is 11.0 Å². The molecule has 1 aliphatic heterocycles. The van der Waals surface area contributed by atoms with E-state index in [0.29, 0.717) is 6.54 Å². The first-order chi connectivity index (χ1) is 12.5. The topological polar surface area (TPSA) is 64.8 Å². The van der Waals surface area contributed by atoms with Gasteiger partial charge in [-0.1, -0.05) is 6.42 Å². The summed E-state index contributed by atoms with van der Waals surface area (Å²) in [6.45, 7) is 5.33. The predicted molar refractivity (Wildman–Crippen MR) is 99.6 cm³/mol. The number of nitrogens with zero attached hydrogens (tertiary/aromatic N) is 2. The number of piperidine rings is 1. The Bertz CT molecular complexity index is 1010. The summed E-state index contributed by atoms with van der Waals surface area (Å²) in [5.41, 5.74) is 4.08. The molecule has 1 aliphatic rings. The molecule has 6 heteroatoms. The van der Waals surface area contributed by atoms with E-state index in [4.69, 9.17) is 0 Å². The predicted octanol–water partition coefficient (Wildman–Crippen LogP) is 3.73. The highest BCUT2D eigenvalue weighted by atomic mass is 19.1. The van der Waals surface area contributed by atoms with Gasteiger partial charge >= 0.3 is 0 Å². The second-order valence-corrected chi connectivity index (χ2v) is 7.17. The lowest BCUT2D eigenvalue weighted by Crippen LogP contribution is -2.34. The zero-order valence-corrected chi connectivity index (χ0v) is 15.1. The van der Waals surface area contributed by atoms with Crippen LogP contribution in [0.1, 0.15) is 47.9 Å². The fourth-order valence-corrected chi connectivity index (χ4v) is 3.82. The number of rotatable bonds is 3. The van der Waals surface area contributed by atoms with E-state index in [1.165, 1.54) is 12.1 Å². The van der Waals surface area contributed by atoms with Gasteiger partial charge in [0.25, 0.3) is 0 Å². The normalized spacial score (nSPS) is 18.5. The lowest BCUT2D eigenvalue weighted by molar-refractivity contribution is 0.132. The summed E-state index contributed by atoms with van der Waals surface area (Å²) < 4.78 is 13.5. The van der Waals surface area contributed by atoms with Gasteiger partial charge < -0.3 is 9.97 Å². The number of H-pyrrole nitrogens is 2. The molecule has 3 aromatic rings. The van der Waals surface area contributed by atoms with Crippen molar-refractivity contribution in [1.82, 2.24) is 19.9 Å². The molecule has 1 saturated heterocycles. The summed E-state index contributed by atoms with van der Waals surface area (Å²) in [5, 5.41) is 0. The lowest BCUT2D eigenvalue weighted by Gasteiger charge is -2.34. The van der Waals surface area contributed by atoms with Crippen molar-refractivity contribution in [1.29, 1.82) is 0 Å². The molecule has 0 spiro atoms. The Labute approximate surface area is 151 Å². The standard InChI is InChI=1S/C20H23FN4O/c1-12-10-22-17(13(2)19(12)26)11-25-8-4-3-5-18(25)20-23-15-7-6-14(21)9-16(15)24-20/h6-7,9-10,18H,3-5,8,11H2,1-2H3,(H,22,26)(H,23,24). The third kappa shape index (κ3) is 3.05. The molecule has 0 radical (unpaired) electrons. The summed E-state index contributed by atoms with van der Waals surface area (Å²) in [6, 6.07) is 4.77. The number of aromatic amines is 2. The molecule has 3 heterocycles. The maximum absolute atomic E-state index is 13.5. The molecule has 2 N–H and O–H groups in total. The molecule has 1 fully saturated rings. The highest BCUT2D eigenvalue weighted by Gasteiger charge is 2.27. The van der Waals surface area contributed by atoms with E-state index >= 15 is 0 Å².